The van der Waals surface area contributed by atoms with Crippen LogP contribution in [0.5, 0.6) is 0 Å². The number of rotatable bonds is 7. The zero-order valence-electron chi connectivity index (χ0n) is 11.4. The van der Waals surface area contributed by atoms with Crippen molar-refractivity contribution in [3.05, 3.63) is 48.0 Å². The monoisotopic (exact) mass is 245 g/mol. The Kier molecular flexibility index (Phi) is 4.97. The van der Waals surface area contributed by atoms with Crippen LogP contribution in [0, 0.1) is 0 Å². The summed E-state index contributed by atoms with van der Waals surface area (Å²) >= 11 is 0. The number of benzene rings is 1. The SMILES string of the molecule is CC/C=C\CCC[C@H]1ON1[C@@H](C)c1ccccc1. The predicted molar refractivity (Wildman–Crippen MR) is 74.9 cm³/mol. The molecule has 98 valence electrons. The molecular formula is C16H23NO. The van der Waals surface area contributed by atoms with Crippen molar-refractivity contribution in [3.63, 3.8) is 0 Å². The molecule has 2 heteroatoms. The van der Waals surface area contributed by atoms with Crippen molar-refractivity contribution in [2.75, 3.05) is 0 Å². The van der Waals surface area contributed by atoms with Crippen molar-refractivity contribution in [3.8, 4) is 0 Å². The van der Waals surface area contributed by atoms with Crippen LogP contribution in [-0.2, 0) is 4.84 Å². The minimum Gasteiger partial charge on any atom is -0.275 e. The lowest BCUT2D eigenvalue weighted by Crippen LogP contribution is -2.08. The first-order valence-electron chi connectivity index (χ1n) is 6.98. The summed E-state index contributed by atoms with van der Waals surface area (Å²) < 4.78 is 0. The number of unbranched alkanes of at least 4 members (excludes halogenated alkanes) is 1. The van der Waals surface area contributed by atoms with Crippen molar-refractivity contribution < 1.29 is 4.84 Å². The van der Waals surface area contributed by atoms with Gasteiger partial charge in [0.15, 0.2) is 6.23 Å². The summed E-state index contributed by atoms with van der Waals surface area (Å²) in [6.45, 7) is 4.37. The molecule has 0 aromatic heterocycles. The molecule has 0 bridgehead atoms. The van der Waals surface area contributed by atoms with E-state index in [1.807, 2.05) is 0 Å². The van der Waals surface area contributed by atoms with Crippen LogP contribution in [0.15, 0.2) is 42.5 Å². The van der Waals surface area contributed by atoms with Gasteiger partial charge in [0.25, 0.3) is 0 Å². The molecule has 0 saturated carbocycles. The van der Waals surface area contributed by atoms with Crippen LogP contribution in [0.4, 0.5) is 0 Å². The summed E-state index contributed by atoms with van der Waals surface area (Å²) in [6, 6.07) is 10.9. The van der Waals surface area contributed by atoms with E-state index in [9.17, 15) is 0 Å². The van der Waals surface area contributed by atoms with Crippen molar-refractivity contribution in [1.29, 1.82) is 0 Å². The van der Waals surface area contributed by atoms with Gasteiger partial charge < -0.3 is 0 Å². The number of hydrogen-bond acceptors (Lipinski definition) is 2. The largest absolute Gasteiger partial charge is 0.275 e. The van der Waals surface area contributed by atoms with Gasteiger partial charge in [-0.2, -0.15) is 0 Å². The minimum atomic E-state index is 0.329. The molecule has 1 fully saturated rings. The Morgan fingerprint density at radius 2 is 2.06 bits per heavy atom. The quantitative estimate of drug-likeness (QED) is 0.400. The number of nitrogens with zero attached hydrogens (tertiary/aromatic N) is 1. The fourth-order valence-electron chi connectivity index (χ4n) is 2.21. The average Bonchev–Trinajstić information content (AvgIpc) is 3.18. The van der Waals surface area contributed by atoms with E-state index in [4.69, 9.17) is 4.84 Å². The number of hydroxylamine groups is 2. The molecule has 18 heavy (non-hydrogen) atoms. The molecule has 1 aliphatic heterocycles. The second kappa shape index (κ2) is 6.72. The molecule has 3 atom stereocenters. The first-order chi connectivity index (χ1) is 8.83. The highest BCUT2D eigenvalue weighted by molar-refractivity contribution is 5.18. The van der Waals surface area contributed by atoms with Crippen LogP contribution < -0.4 is 0 Å². The van der Waals surface area contributed by atoms with Crippen molar-refractivity contribution in [2.24, 2.45) is 0 Å². The Labute approximate surface area is 110 Å². The van der Waals surface area contributed by atoms with Crippen LogP contribution in [-0.4, -0.2) is 11.3 Å². The summed E-state index contributed by atoms with van der Waals surface area (Å²) in [4.78, 5) is 5.65. The van der Waals surface area contributed by atoms with Gasteiger partial charge in [0.2, 0.25) is 0 Å². The van der Waals surface area contributed by atoms with Gasteiger partial charge >= 0.3 is 0 Å². The van der Waals surface area contributed by atoms with Crippen molar-refractivity contribution >= 4 is 0 Å². The molecule has 2 rings (SSSR count). The van der Waals surface area contributed by atoms with E-state index in [1.54, 1.807) is 0 Å². The molecule has 1 aromatic rings. The zero-order chi connectivity index (χ0) is 12.8. The lowest BCUT2D eigenvalue weighted by molar-refractivity contribution is 0.155. The van der Waals surface area contributed by atoms with Gasteiger partial charge in [-0.3, -0.25) is 4.84 Å². The lowest BCUT2D eigenvalue weighted by Gasteiger charge is -2.09. The third-order valence-electron chi connectivity index (χ3n) is 3.37. The summed E-state index contributed by atoms with van der Waals surface area (Å²) in [7, 11) is 0. The van der Waals surface area contributed by atoms with Crippen LogP contribution in [0.2, 0.25) is 0 Å². The Morgan fingerprint density at radius 3 is 2.78 bits per heavy atom. The van der Waals surface area contributed by atoms with E-state index < -0.39 is 0 Å². The minimum absolute atomic E-state index is 0.329. The standard InChI is InChI=1S/C16H23NO/c1-3-4-5-6-10-13-16-17(18-16)14(2)15-11-8-7-9-12-15/h4-5,7-9,11-12,14,16H,3,6,10,13H2,1-2H3/b5-4-/t14-,16+,17?/m0/s1. The molecule has 1 heterocycles. The van der Waals surface area contributed by atoms with Gasteiger partial charge in [0, 0.05) is 0 Å². The van der Waals surface area contributed by atoms with Crippen LogP contribution in [0.25, 0.3) is 0 Å². The first kappa shape index (κ1) is 13.3. The summed E-state index contributed by atoms with van der Waals surface area (Å²) in [5, 5.41) is 2.11. The fourth-order valence-corrected chi connectivity index (χ4v) is 2.21. The maximum absolute atomic E-state index is 5.65. The van der Waals surface area contributed by atoms with Gasteiger partial charge in [0.1, 0.15) is 0 Å². The third-order valence-corrected chi connectivity index (χ3v) is 3.37. The van der Waals surface area contributed by atoms with Gasteiger partial charge in [-0.15, -0.1) is 5.06 Å². The molecule has 0 radical (unpaired) electrons. The highest BCUT2D eigenvalue weighted by Gasteiger charge is 2.39. The van der Waals surface area contributed by atoms with E-state index in [1.165, 1.54) is 18.4 Å². The molecule has 1 aromatic carbocycles. The normalized spacial score (nSPS) is 24.3. The maximum Gasteiger partial charge on any atom is 0.155 e. The first-order valence-corrected chi connectivity index (χ1v) is 6.98. The van der Waals surface area contributed by atoms with Crippen LogP contribution in [0.1, 0.15) is 51.1 Å². The Balaban J connectivity index is 1.69. The van der Waals surface area contributed by atoms with E-state index in [2.05, 4.69) is 61.4 Å². The highest BCUT2D eigenvalue weighted by Crippen LogP contribution is 2.35. The van der Waals surface area contributed by atoms with Gasteiger partial charge in [-0.25, -0.2) is 0 Å². The van der Waals surface area contributed by atoms with E-state index in [-0.39, 0.29) is 0 Å². The lowest BCUT2D eigenvalue weighted by atomic mass is 10.1. The van der Waals surface area contributed by atoms with Gasteiger partial charge in [0.05, 0.1) is 6.04 Å². The van der Waals surface area contributed by atoms with E-state index in [0.717, 1.165) is 12.8 Å². The third kappa shape index (κ3) is 3.69. The second-order valence-electron chi connectivity index (χ2n) is 4.82. The number of hydrogen-bond donors (Lipinski definition) is 0. The smallest absolute Gasteiger partial charge is 0.155 e. The molecule has 1 aliphatic rings. The van der Waals surface area contributed by atoms with Crippen LogP contribution >= 0.6 is 0 Å². The molecule has 0 spiro atoms. The number of allylic oxidation sites excluding steroid dienone is 2. The van der Waals surface area contributed by atoms with E-state index in [0.29, 0.717) is 12.3 Å². The summed E-state index contributed by atoms with van der Waals surface area (Å²) in [5.74, 6) is 0. The van der Waals surface area contributed by atoms with Gasteiger partial charge in [-0.05, 0) is 38.2 Å². The fraction of sp³-hybridized carbons (Fsp3) is 0.500. The Bertz CT molecular complexity index is 374. The second-order valence-corrected chi connectivity index (χ2v) is 4.82. The molecule has 0 aliphatic carbocycles. The Hall–Kier alpha value is -1.12. The van der Waals surface area contributed by atoms with Crippen molar-refractivity contribution in [2.45, 2.75) is 51.8 Å². The molecule has 1 unspecified atom stereocenters. The van der Waals surface area contributed by atoms with Crippen LogP contribution in [0.3, 0.4) is 0 Å². The molecular weight excluding hydrogens is 222 g/mol. The summed E-state index contributed by atoms with van der Waals surface area (Å²) in [6.07, 6.45) is 9.48. The van der Waals surface area contributed by atoms with E-state index >= 15 is 0 Å². The summed E-state index contributed by atoms with van der Waals surface area (Å²) in [5.41, 5.74) is 1.32. The molecule has 1 saturated heterocycles. The topological polar surface area (TPSA) is 15.5 Å². The highest BCUT2D eigenvalue weighted by atomic mass is 16.8. The molecule has 0 amide bonds. The Morgan fingerprint density at radius 1 is 1.28 bits per heavy atom. The zero-order valence-corrected chi connectivity index (χ0v) is 11.4. The maximum atomic E-state index is 5.65. The van der Waals surface area contributed by atoms with Gasteiger partial charge in [-0.1, -0.05) is 49.4 Å². The predicted octanol–water partition coefficient (Wildman–Crippen LogP) is 4.46. The van der Waals surface area contributed by atoms with Crippen molar-refractivity contribution in [1.82, 2.24) is 5.06 Å². The average molecular weight is 245 g/mol. The molecule has 0 N–H and O–H groups in total. The molecule has 2 nitrogen and oxygen atoms in total.